The highest BCUT2D eigenvalue weighted by atomic mass is 32.2. The van der Waals surface area contributed by atoms with Crippen LogP contribution in [0.1, 0.15) is 43.1 Å². The lowest BCUT2D eigenvalue weighted by Crippen LogP contribution is -2.34. The van der Waals surface area contributed by atoms with Crippen molar-refractivity contribution in [2.45, 2.75) is 51.5 Å². The average Bonchev–Trinajstić information content (AvgIpc) is 3.41. The van der Waals surface area contributed by atoms with Crippen molar-refractivity contribution in [3.05, 3.63) is 65.5 Å². The molecule has 0 radical (unpaired) electrons. The highest BCUT2D eigenvalue weighted by molar-refractivity contribution is 7.99. The van der Waals surface area contributed by atoms with Crippen molar-refractivity contribution in [1.82, 2.24) is 14.8 Å². The second kappa shape index (κ2) is 11.3. The van der Waals surface area contributed by atoms with Gasteiger partial charge < -0.3 is 4.74 Å². The van der Waals surface area contributed by atoms with Crippen LogP contribution in [0, 0.1) is 13.8 Å². The standard InChI is InChI=1S/C27H32N4O2S2/c1-18(2)23-7-6-8-24-26(23)28-27(35-24)30(14-15-31-20(4)17-19(3)29-31)25(32)13-16-34-22-11-9-21(33-5)10-12-22/h6-12,17-18H,13-16H2,1-5H3. The van der Waals surface area contributed by atoms with Crippen LogP contribution in [0.25, 0.3) is 10.2 Å². The molecule has 0 N–H and O–H groups in total. The molecule has 6 nitrogen and oxygen atoms in total. The molecule has 4 aromatic rings. The number of fused-ring (bicyclic) bond motifs is 1. The summed E-state index contributed by atoms with van der Waals surface area (Å²) in [5, 5.41) is 5.34. The van der Waals surface area contributed by atoms with Gasteiger partial charge in [0.2, 0.25) is 5.91 Å². The number of hydrogen-bond acceptors (Lipinski definition) is 6. The van der Waals surface area contributed by atoms with E-state index in [4.69, 9.17) is 9.72 Å². The maximum absolute atomic E-state index is 13.5. The number of methoxy groups -OCH3 is 1. The molecule has 0 fully saturated rings. The molecular weight excluding hydrogens is 476 g/mol. The summed E-state index contributed by atoms with van der Waals surface area (Å²) in [4.78, 5) is 21.4. The van der Waals surface area contributed by atoms with Crippen molar-refractivity contribution in [2.24, 2.45) is 0 Å². The molecule has 4 rings (SSSR count). The molecule has 8 heteroatoms. The van der Waals surface area contributed by atoms with Crippen LogP contribution in [0.15, 0.2) is 53.4 Å². The monoisotopic (exact) mass is 508 g/mol. The molecular formula is C27H32N4O2S2. The van der Waals surface area contributed by atoms with Crippen LogP contribution in [0.4, 0.5) is 5.13 Å². The second-order valence-electron chi connectivity index (χ2n) is 8.81. The lowest BCUT2D eigenvalue weighted by atomic mass is 10.0. The van der Waals surface area contributed by atoms with Gasteiger partial charge in [-0.15, -0.1) is 11.8 Å². The minimum atomic E-state index is 0.0812. The van der Waals surface area contributed by atoms with Crippen molar-refractivity contribution in [3.8, 4) is 5.75 Å². The smallest absolute Gasteiger partial charge is 0.229 e. The molecule has 2 heterocycles. The number of hydrogen-bond donors (Lipinski definition) is 0. The second-order valence-corrected chi connectivity index (χ2v) is 11.0. The molecule has 2 aromatic heterocycles. The minimum absolute atomic E-state index is 0.0812. The zero-order valence-corrected chi connectivity index (χ0v) is 22.6. The number of benzene rings is 2. The topological polar surface area (TPSA) is 60.2 Å². The van der Waals surface area contributed by atoms with Crippen LogP contribution >= 0.6 is 23.1 Å². The minimum Gasteiger partial charge on any atom is -0.497 e. The van der Waals surface area contributed by atoms with E-state index in [0.717, 1.165) is 37.4 Å². The zero-order chi connectivity index (χ0) is 24.9. The molecule has 1 amide bonds. The largest absolute Gasteiger partial charge is 0.497 e. The van der Waals surface area contributed by atoms with Crippen LogP contribution in [-0.2, 0) is 11.3 Å². The number of carbonyl (C=O) groups is 1. The van der Waals surface area contributed by atoms with Gasteiger partial charge in [-0.05, 0) is 61.7 Å². The van der Waals surface area contributed by atoms with Gasteiger partial charge in [-0.3, -0.25) is 14.4 Å². The average molecular weight is 509 g/mol. The Balaban J connectivity index is 1.53. The number of anilines is 1. The van der Waals surface area contributed by atoms with Gasteiger partial charge in [0, 0.05) is 29.3 Å². The van der Waals surface area contributed by atoms with E-state index in [2.05, 4.69) is 43.2 Å². The number of para-hydroxylation sites is 1. The number of carbonyl (C=O) groups excluding carboxylic acids is 1. The van der Waals surface area contributed by atoms with E-state index < -0.39 is 0 Å². The van der Waals surface area contributed by atoms with Crippen molar-refractivity contribution in [3.63, 3.8) is 0 Å². The van der Waals surface area contributed by atoms with E-state index in [1.807, 2.05) is 47.7 Å². The summed E-state index contributed by atoms with van der Waals surface area (Å²) in [5.41, 5.74) is 4.29. The highest BCUT2D eigenvalue weighted by Crippen LogP contribution is 2.34. The van der Waals surface area contributed by atoms with Gasteiger partial charge in [-0.25, -0.2) is 4.98 Å². The predicted molar refractivity (Wildman–Crippen MR) is 146 cm³/mol. The molecule has 0 aliphatic rings. The summed E-state index contributed by atoms with van der Waals surface area (Å²) in [6, 6.07) is 16.3. The maximum atomic E-state index is 13.5. The van der Waals surface area contributed by atoms with Gasteiger partial charge in [0.05, 0.1) is 29.6 Å². The number of ether oxygens (including phenoxy) is 1. The summed E-state index contributed by atoms with van der Waals surface area (Å²) in [7, 11) is 1.66. The van der Waals surface area contributed by atoms with E-state index in [1.54, 1.807) is 30.2 Å². The first kappa shape index (κ1) is 25.3. The third-order valence-electron chi connectivity index (χ3n) is 5.88. The van der Waals surface area contributed by atoms with Gasteiger partial charge in [0.1, 0.15) is 5.75 Å². The van der Waals surface area contributed by atoms with Crippen LogP contribution in [0.5, 0.6) is 5.75 Å². The molecule has 0 atom stereocenters. The Morgan fingerprint density at radius 2 is 1.94 bits per heavy atom. The van der Waals surface area contributed by atoms with E-state index in [0.29, 0.717) is 31.2 Å². The fourth-order valence-corrected chi connectivity index (χ4v) is 5.91. The van der Waals surface area contributed by atoms with Crippen LogP contribution in [0.3, 0.4) is 0 Å². The molecule has 0 aliphatic carbocycles. The Kier molecular flexibility index (Phi) is 8.13. The Morgan fingerprint density at radius 1 is 1.17 bits per heavy atom. The van der Waals surface area contributed by atoms with Gasteiger partial charge in [0.25, 0.3) is 0 Å². The Hall–Kier alpha value is -2.84. The number of nitrogens with zero attached hydrogens (tertiary/aromatic N) is 4. The molecule has 0 saturated carbocycles. The Morgan fingerprint density at radius 3 is 2.60 bits per heavy atom. The molecule has 0 saturated heterocycles. The lowest BCUT2D eigenvalue weighted by Gasteiger charge is -2.20. The number of amides is 1. The van der Waals surface area contributed by atoms with Gasteiger partial charge >= 0.3 is 0 Å². The number of thiazole rings is 1. The Bertz CT molecular complexity index is 1290. The number of thioether (sulfide) groups is 1. The van der Waals surface area contributed by atoms with Gasteiger partial charge in [0.15, 0.2) is 5.13 Å². The summed E-state index contributed by atoms with van der Waals surface area (Å²) in [5.74, 6) is 1.98. The number of rotatable bonds is 10. The normalized spacial score (nSPS) is 11.4. The fraction of sp³-hybridized carbons (Fsp3) is 0.370. The van der Waals surface area contributed by atoms with E-state index in [9.17, 15) is 4.79 Å². The quantitative estimate of drug-likeness (QED) is 0.230. The number of aromatic nitrogens is 3. The molecule has 0 bridgehead atoms. The summed E-state index contributed by atoms with van der Waals surface area (Å²) < 4.78 is 8.31. The van der Waals surface area contributed by atoms with Crippen LogP contribution < -0.4 is 9.64 Å². The maximum Gasteiger partial charge on any atom is 0.229 e. The van der Waals surface area contributed by atoms with Crippen molar-refractivity contribution in [1.29, 1.82) is 0 Å². The summed E-state index contributed by atoms with van der Waals surface area (Å²) in [6.07, 6.45) is 0.431. The summed E-state index contributed by atoms with van der Waals surface area (Å²) >= 11 is 3.26. The first-order valence-electron chi connectivity index (χ1n) is 11.8. The highest BCUT2D eigenvalue weighted by Gasteiger charge is 2.21. The third-order valence-corrected chi connectivity index (χ3v) is 7.93. The molecule has 0 aliphatic heterocycles. The van der Waals surface area contributed by atoms with E-state index in [-0.39, 0.29) is 5.91 Å². The predicted octanol–water partition coefficient (Wildman–Crippen LogP) is 6.46. The molecule has 2 aromatic carbocycles. The summed E-state index contributed by atoms with van der Waals surface area (Å²) in [6.45, 7) is 9.55. The lowest BCUT2D eigenvalue weighted by molar-refractivity contribution is -0.118. The van der Waals surface area contributed by atoms with Crippen molar-refractivity contribution >= 4 is 44.4 Å². The first-order valence-corrected chi connectivity index (χ1v) is 13.6. The van der Waals surface area contributed by atoms with Gasteiger partial charge in [-0.2, -0.15) is 5.10 Å². The fourth-order valence-electron chi connectivity index (χ4n) is 4.03. The Labute approximate surface area is 215 Å². The molecule has 0 spiro atoms. The molecule has 35 heavy (non-hydrogen) atoms. The molecule has 184 valence electrons. The van der Waals surface area contributed by atoms with Crippen molar-refractivity contribution < 1.29 is 9.53 Å². The SMILES string of the molecule is COc1ccc(SCCC(=O)N(CCn2nc(C)cc2C)c2nc3c(C(C)C)cccc3s2)cc1. The molecule has 0 unspecified atom stereocenters. The third kappa shape index (κ3) is 6.05. The van der Waals surface area contributed by atoms with Gasteiger partial charge in [-0.1, -0.05) is 37.3 Å². The van der Waals surface area contributed by atoms with E-state index >= 15 is 0 Å². The zero-order valence-electron chi connectivity index (χ0n) is 20.9. The van der Waals surface area contributed by atoms with Crippen LogP contribution in [-0.4, -0.2) is 40.1 Å². The first-order chi connectivity index (χ1) is 16.9. The number of aryl methyl sites for hydroxylation is 2. The van der Waals surface area contributed by atoms with Crippen LogP contribution in [0.2, 0.25) is 0 Å². The van der Waals surface area contributed by atoms with E-state index in [1.165, 1.54) is 5.56 Å². The van der Waals surface area contributed by atoms with Crippen molar-refractivity contribution in [2.75, 3.05) is 24.3 Å².